The molecule has 156 valence electrons. The number of ether oxygens (including phenoxy) is 1. The van der Waals surface area contributed by atoms with Gasteiger partial charge in [-0.3, -0.25) is 14.9 Å². The van der Waals surface area contributed by atoms with E-state index in [9.17, 15) is 23.7 Å². The van der Waals surface area contributed by atoms with Crippen LogP contribution < -0.4 is 10.1 Å². The maximum Gasteiger partial charge on any atom is 0.387 e. The Hall–Kier alpha value is -3.05. The SMILES string of the molecule is CC(Sc1ccc([N+](=O)[O-])cc1)C(=O)Nc1nc(-c2ccccc2OC(F)F)cs1. The monoisotopic (exact) mass is 451 g/mol. The topological polar surface area (TPSA) is 94.4 Å². The van der Waals surface area contributed by atoms with Gasteiger partial charge in [0.25, 0.3) is 5.69 Å². The Kier molecular flexibility index (Phi) is 6.95. The minimum absolute atomic E-state index is 0.00206. The summed E-state index contributed by atoms with van der Waals surface area (Å²) < 4.78 is 29.7. The Labute approximate surface area is 178 Å². The summed E-state index contributed by atoms with van der Waals surface area (Å²) >= 11 is 2.40. The normalized spacial score (nSPS) is 11.9. The molecule has 1 aromatic heterocycles. The van der Waals surface area contributed by atoms with Gasteiger partial charge >= 0.3 is 6.61 Å². The van der Waals surface area contributed by atoms with Crippen LogP contribution in [0.4, 0.5) is 19.6 Å². The molecule has 7 nitrogen and oxygen atoms in total. The van der Waals surface area contributed by atoms with E-state index in [0.717, 1.165) is 11.3 Å². The van der Waals surface area contributed by atoms with Crippen molar-refractivity contribution in [2.24, 2.45) is 0 Å². The Morgan fingerprint density at radius 1 is 1.23 bits per heavy atom. The minimum atomic E-state index is -2.96. The Bertz CT molecular complexity index is 1040. The zero-order valence-corrected chi connectivity index (χ0v) is 17.1. The number of hydrogen-bond donors (Lipinski definition) is 1. The van der Waals surface area contributed by atoms with Crippen LogP contribution in [-0.2, 0) is 4.79 Å². The second-order valence-corrected chi connectivity index (χ2v) is 8.19. The molecule has 0 aliphatic heterocycles. The van der Waals surface area contributed by atoms with E-state index in [4.69, 9.17) is 0 Å². The van der Waals surface area contributed by atoms with E-state index in [2.05, 4.69) is 15.0 Å². The van der Waals surface area contributed by atoms with E-state index in [-0.39, 0.29) is 17.3 Å². The van der Waals surface area contributed by atoms with Crippen LogP contribution >= 0.6 is 23.1 Å². The molecule has 0 saturated carbocycles. The lowest BCUT2D eigenvalue weighted by atomic mass is 10.1. The summed E-state index contributed by atoms with van der Waals surface area (Å²) in [4.78, 5) is 27.7. The highest BCUT2D eigenvalue weighted by Crippen LogP contribution is 2.33. The first-order valence-corrected chi connectivity index (χ1v) is 10.3. The summed E-state index contributed by atoms with van der Waals surface area (Å²) in [6.07, 6.45) is 0. The number of thioether (sulfide) groups is 1. The number of non-ortho nitro benzene ring substituents is 1. The van der Waals surface area contributed by atoms with Crippen molar-refractivity contribution in [1.29, 1.82) is 0 Å². The predicted octanol–water partition coefficient (Wildman–Crippen LogP) is 5.44. The molecule has 1 amide bonds. The minimum Gasteiger partial charge on any atom is -0.434 e. The van der Waals surface area contributed by atoms with Crippen molar-refractivity contribution in [2.45, 2.75) is 23.7 Å². The fourth-order valence-corrected chi connectivity index (χ4v) is 4.02. The van der Waals surface area contributed by atoms with Crippen LogP contribution in [0.2, 0.25) is 0 Å². The number of nitro benzene ring substituents is 1. The molecule has 1 heterocycles. The third kappa shape index (κ3) is 5.51. The van der Waals surface area contributed by atoms with E-state index in [1.165, 1.54) is 30.0 Å². The van der Waals surface area contributed by atoms with Crippen molar-refractivity contribution in [1.82, 2.24) is 4.98 Å². The number of halogens is 2. The molecule has 1 unspecified atom stereocenters. The molecular weight excluding hydrogens is 436 g/mol. The van der Waals surface area contributed by atoms with Gasteiger partial charge in [-0.15, -0.1) is 23.1 Å². The van der Waals surface area contributed by atoms with Crippen LogP contribution in [-0.4, -0.2) is 27.7 Å². The molecule has 1 N–H and O–H groups in total. The number of para-hydroxylation sites is 1. The quantitative estimate of drug-likeness (QED) is 0.278. The summed E-state index contributed by atoms with van der Waals surface area (Å²) in [7, 11) is 0. The Morgan fingerprint density at radius 3 is 2.60 bits per heavy atom. The van der Waals surface area contributed by atoms with Crippen LogP contribution in [0.1, 0.15) is 6.92 Å². The highest BCUT2D eigenvalue weighted by atomic mass is 32.2. The lowest BCUT2D eigenvalue weighted by Crippen LogP contribution is -2.22. The van der Waals surface area contributed by atoms with E-state index in [1.807, 2.05) is 0 Å². The van der Waals surface area contributed by atoms with Gasteiger partial charge in [0.05, 0.1) is 15.9 Å². The summed E-state index contributed by atoms with van der Waals surface area (Å²) in [6.45, 7) is -1.26. The van der Waals surface area contributed by atoms with Crippen molar-refractivity contribution < 1.29 is 23.2 Å². The molecule has 11 heteroatoms. The number of aromatic nitrogens is 1. The first kappa shape index (κ1) is 21.7. The lowest BCUT2D eigenvalue weighted by Gasteiger charge is -2.10. The Balaban J connectivity index is 1.65. The fourth-order valence-electron chi connectivity index (χ4n) is 2.44. The number of carbonyl (C=O) groups excluding carboxylic acids is 1. The molecule has 1 atom stereocenters. The molecule has 0 radical (unpaired) electrons. The number of nitrogens with one attached hydrogen (secondary N) is 1. The third-order valence-corrected chi connectivity index (χ3v) is 5.71. The summed E-state index contributed by atoms with van der Waals surface area (Å²) in [5.41, 5.74) is 0.771. The van der Waals surface area contributed by atoms with Crippen molar-refractivity contribution in [3.05, 3.63) is 64.0 Å². The summed E-state index contributed by atoms with van der Waals surface area (Å²) in [5.74, 6) is -0.311. The van der Waals surface area contributed by atoms with E-state index in [1.54, 1.807) is 42.6 Å². The molecule has 0 spiro atoms. The zero-order chi connectivity index (χ0) is 21.7. The molecule has 0 saturated heterocycles. The van der Waals surface area contributed by atoms with E-state index < -0.39 is 16.8 Å². The van der Waals surface area contributed by atoms with E-state index in [0.29, 0.717) is 21.3 Å². The van der Waals surface area contributed by atoms with Crippen LogP contribution in [0, 0.1) is 10.1 Å². The number of hydrogen-bond acceptors (Lipinski definition) is 7. The molecule has 0 fully saturated rings. The van der Waals surface area contributed by atoms with Crippen LogP contribution in [0.3, 0.4) is 0 Å². The Morgan fingerprint density at radius 2 is 1.93 bits per heavy atom. The molecule has 0 aliphatic carbocycles. The largest absolute Gasteiger partial charge is 0.434 e. The standard InChI is InChI=1S/C19H15F2N3O4S2/c1-11(30-13-8-6-12(7-9-13)24(26)27)17(25)23-19-22-15(10-29-19)14-4-2-3-5-16(14)28-18(20)21/h2-11,18H,1H3,(H,22,23,25). The number of rotatable bonds is 8. The van der Waals surface area contributed by atoms with Crippen molar-refractivity contribution >= 4 is 39.8 Å². The maximum absolute atomic E-state index is 12.6. The number of amides is 1. The molecule has 2 aromatic carbocycles. The molecule has 0 aliphatic rings. The number of carbonyl (C=O) groups is 1. The molecule has 0 bridgehead atoms. The molecule has 3 aromatic rings. The van der Waals surface area contributed by atoms with Gasteiger partial charge < -0.3 is 10.1 Å². The first-order valence-electron chi connectivity index (χ1n) is 8.55. The van der Waals surface area contributed by atoms with Crippen molar-refractivity contribution in [3.8, 4) is 17.0 Å². The predicted molar refractivity (Wildman–Crippen MR) is 111 cm³/mol. The maximum atomic E-state index is 12.6. The molecular formula is C19H15F2N3O4S2. The average molecular weight is 451 g/mol. The smallest absolute Gasteiger partial charge is 0.387 e. The number of nitro groups is 1. The average Bonchev–Trinajstić information content (AvgIpc) is 3.16. The van der Waals surface area contributed by atoms with Gasteiger partial charge in [-0.1, -0.05) is 12.1 Å². The molecule has 30 heavy (non-hydrogen) atoms. The molecule has 3 rings (SSSR count). The fraction of sp³-hybridized carbons (Fsp3) is 0.158. The lowest BCUT2D eigenvalue weighted by molar-refractivity contribution is -0.384. The van der Waals surface area contributed by atoms with Gasteiger partial charge in [0.1, 0.15) is 5.75 Å². The van der Waals surface area contributed by atoms with E-state index >= 15 is 0 Å². The van der Waals surface area contributed by atoms with Gasteiger partial charge in [0.15, 0.2) is 5.13 Å². The highest BCUT2D eigenvalue weighted by Gasteiger charge is 2.18. The number of anilines is 1. The van der Waals surface area contributed by atoms with Gasteiger partial charge in [0, 0.05) is 28.0 Å². The second-order valence-electron chi connectivity index (χ2n) is 5.91. The second kappa shape index (κ2) is 9.63. The number of thiazole rings is 1. The van der Waals surface area contributed by atoms with Gasteiger partial charge in [-0.05, 0) is 31.2 Å². The van der Waals surface area contributed by atoms with Crippen molar-refractivity contribution in [2.75, 3.05) is 5.32 Å². The van der Waals surface area contributed by atoms with Gasteiger partial charge in [0.2, 0.25) is 5.91 Å². The van der Waals surface area contributed by atoms with Gasteiger partial charge in [-0.2, -0.15) is 8.78 Å². The van der Waals surface area contributed by atoms with Crippen LogP contribution in [0.5, 0.6) is 5.75 Å². The van der Waals surface area contributed by atoms with Crippen LogP contribution in [0.25, 0.3) is 11.3 Å². The summed E-state index contributed by atoms with van der Waals surface area (Å²) in [5, 5.41) is 14.9. The van der Waals surface area contributed by atoms with Crippen molar-refractivity contribution in [3.63, 3.8) is 0 Å². The number of alkyl halides is 2. The van der Waals surface area contributed by atoms with Crippen LogP contribution in [0.15, 0.2) is 58.8 Å². The highest BCUT2D eigenvalue weighted by molar-refractivity contribution is 8.00. The summed E-state index contributed by atoms with van der Waals surface area (Å²) in [6, 6.07) is 12.2. The number of benzene rings is 2. The van der Waals surface area contributed by atoms with Gasteiger partial charge in [-0.25, -0.2) is 4.98 Å². The number of nitrogens with zero attached hydrogens (tertiary/aromatic N) is 2. The first-order chi connectivity index (χ1) is 14.3. The zero-order valence-electron chi connectivity index (χ0n) is 15.5. The third-order valence-electron chi connectivity index (χ3n) is 3.84.